The van der Waals surface area contributed by atoms with Crippen LogP contribution in [0.5, 0.6) is 11.8 Å². The van der Waals surface area contributed by atoms with Crippen LogP contribution in [-0.2, 0) is 10.3 Å². The van der Waals surface area contributed by atoms with Crippen LogP contribution in [0.2, 0.25) is 0 Å². The zero-order chi connectivity index (χ0) is 12.2. The minimum atomic E-state index is -1.25. The molecule has 0 fully saturated rings. The summed E-state index contributed by atoms with van der Waals surface area (Å²) in [4.78, 5) is 8.10. The third-order valence-electron chi connectivity index (χ3n) is 2.06. The molecule has 16 heavy (non-hydrogen) atoms. The predicted molar refractivity (Wildman–Crippen MR) is 56.6 cm³/mol. The van der Waals surface area contributed by atoms with E-state index in [4.69, 9.17) is 14.2 Å². The quantitative estimate of drug-likeness (QED) is 0.783. The van der Waals surface area contributed by atoms with Gasteiger partial charge in [0.15, 0.2) is 0 Å². The Bertz CT molecular complexity index is 355. The molecule has 90 valence electrons. The number of methoxy groups -OCH3 is 3. The Kier molecular flexibility index (Phi) is 4.03. The second-order valence-electron chi connectivity index (χ2n) is 3.48. The van der Waals surface area contributed by atoms with E-state index in [9.17, 15) is 5.11 Å². The number of nitrogens with zero attached hydrogens (tertiary/aromatic N) is 2. The van der Waals surface area contributed by atoms with Gasteiger partial charge in [-0.05, 0) is 6.92 Å². The lowest BCUT2D eigenvalue weighted by Gasteiger charge is -2.22. The average Bonchev–Trinajstić information content (AvgIpc) is 2.28. The number of hydrogen-bond acceptors (Lipinski definition) is 6. The summed E-state index contributed by atoms with van der Waals surface area (Å²) in [7, 11) is 4.43. The summed E-state index contributed by atoms with van der Waals surface area (Å²) in [5, 5.41) is 10.1. The molecule has 1 heterocycles. The van der Waals surface area contributed by atoms with Gasteiger partial charge in [-0.15, -0.1) is 0 Å². The molecule has 0 radical (unpaired) electrons. The Morgan fingerprint density at radius 3 is 2.50 bits per heavy atom. The normalized spacial score (nSPS) is 14.3. The summed E-state index contributed by atoms with van der Waals surface area (Å²) < 4.78 is 14.9. The van der Waals surface area contributed by atoms with Gasteiger partial charge in [0.2, 0.25) is 11.8 Å². The molecule has 1 unspecified atom stereocenters. The van der Waals surface area contributed by atoms with Gasteiger partial charge < -0.3 is 19.3 Å². The van der Waals surface area contributed by atoms with E-state index in [0.717, 1.165) is 0 Å². The maximum Gasteiger partial charge on any atom is 0.241 e. The van der Waals surface area contributed by atoms with Gasteiger partial charge in [0.05, 0.1) is 27.0 Å². The largest absolute Gasteiger partial charge is 0.480 e. The number of aliphatic hydroxyl groups is 1. The number of aromatic nitrogens is 2. The van der Waals surface area contributed by atoms with Crippen LogP contribution in [0.3, 0.4) is 0 Å². The molecule has 0 aliphatic heterocycles. The van der Waals surface area contributed by atoms with Gasteiger partial charge in [0.25, 0.3) is 0 Å². The summed E-state index contributed by atoms with van der Waals surface area (Å²) in [6, 6.07) is 0. The van der Waals surface area contributed by atoms with Gasteiger partial charge in [-0.25, -0.2) is 4.98 Å². The van der Waals surface area contributed by atoms with Gasteiger partial charge in [-0.2, -0.15) is 4.98 Å². The molecule has 0 saturated carbocycles. The van der Waals surface area contributed by atoms with Crippen LogP contribution in [-0.4, -0.2) is 43.0 Å². The first-order valence-corrected chi connectivity index (χ1v) is 4.72. The highest BCUT2D eigenvalue weighted by Gasteiger charge is 2.30. The zero-order valence-electron chi connectivity index (χ0n) is 9.85. The minimum absolute atomic E-state index is 0.102. The molecule has 1 N–H and O–H groups in total. The molecule has 6 nitrogen and oxygen atoms in total. The van der Waals surface area contributed by atoms with E-state index in [-0.39, 0.29) is 12.5 Å². The van der Waals surface area contributed by atoms with E-state index in [1.54, 1.807) is 6.92 Å². The molecule has 6 heteroatoms. The fraction of sp³-hybridized carbons (Fsp3) is 0.600. The van der Waals surface area contributed by atoms with Crippen LogP contribution in [0, 0.1) is 0 Å². The lowest BCUT2D eigenvalue weighted by molar-refractivity contribution is -0.0260. The number of ether oxygens (including phenoxy) is 3. The highest BCUT2D eigenvalue weighted by Crippen LogP contribution is 2.27. The zero-order valence-corrected chi connectivity index (χ0v) is 9.85. The second-order valence-corrected chi connectivity index (χ2v) is 3.48. The topological polar surface area (TPSA) is 73.7 Å². The van der Waals surface area contributed by atoms with Crippen LogP contribution >= 0.6 is 0 Å². The van der Waals surface area contributed by atoms with E-state index in [0.29, 0.717) is 11.6 Å². The molecule has 1 aromatic heterocycles. The summed E-state index contributed by atoms with van der Waals surface area (Å²) in [6.45, 7) is 1.68. The second kappa shape index (κ2) is 5.09. The van der Waals surface area contributed by atoms with Crippen molar-refractivity contribution in [3.8, 4) is 11.8 Å². The van der Waals surface area contributed by atoms with Crippen LogP contribution in [0.25, 0.3) is 0 Å². The van der Waals surface area contributed by atoms with E-state index in [1.807, 2.05) is 0 Å². The van der Waals surface area contributed by atoms with Crippen molar-refractivity contribution in [2.45, 2.75) is 12.5 Å². The number of rotatable bonds is 5. The molecular weight excluding hydrogens is 212 g/mol. The predicted octanol–water partition coefficient (Wildman–Crippen LogP) is 0.348. The monoisotopic (exact) mass is 228 g/mol. The Labute approximate surface area is 94.2 Å². The van der Waals surface area contributed by atoms with E-state index in [1.165, 1.54) is 27.5 Å². The molecule has 0 aliphatic carbocycles. The fourth-order valence-electron chi connectivity index (χ4n) is 1.32. The van der Waals surface area contributed by atoms with Crippen LogP contribution in [0.1, 0.15) is 12.6 Å². The molecule has 0 spiro atoms. The van der Waals surface area contributed by atoms with Crippen LogP contribution in [0.15, 0.2) is 6.20 Å². The Balaban J connectivity index is 3.12. The van der Waals surface area contributed by atoms with E-state index in [2.05, 4.69) is 9.97 Å². The summed E-state index contributed by atoms with van der Waals surface area (Å²) in [5.74, 6) is 0.551. The Hall–Kier alpha value is -1.40. The number of hydrogen-bond donors (Lipinski definition) is 1. The van der Waals surface area contributed by atoms with Crippen molar-refractivity contribution in [2.75, 3.05) is 27.9 Å². The third-order valence-corrected chi connectivity index (χ3v) is 2.06. The molecule has 1 rings (SSSR count). The summed E-state index contributed by atoms with van der Waals surface area (Å²) >= 11 is 0. The van der Waals surface area contributed by atoms with E-state index >= 15 is 0 Å². The van der Waals surface area contributed by atoms with Gasteiger partial charge in [0, 0.05) is 7.11 Å². The Morgan fingerprint density at radius 2 is 2.00 bits per heavy atom. The average molecular weight is 228 g/mol. The van der Waals surface area contributed by atoms with Crippen molar-refractivity contribution in [3.63, 3.8) is 0 Å². The lowest BCUT2D eigenvalue weighted by Crippen LogP contribution is -2.29. The maximum absolute atomic E-state index is 10.1. The van der Waals surface area contributed by atoms with Crippen molar-refractivity contribution in [3.05, 3.63) is 11.9 Å². The molecule has 0 aliphatic rings. The van der Waals surface area contributed by atoms with Crippen molar-refractivity contribution in [1.82, 2.24) is 9.97 Å². The Morgan fingerprint density at radius 1 is 1.31 bits per heavy atom. The van der Waals surface area contributed by atoms with Crippen molar-refractivity contribution >= 4 is 0 Å². The molecule has 0 saturated heterocycles. The maximum atomic E-state index is 10.1. The van der Waals surface area contributed by atoms with Crippen LogP contribution in [0.4, 0.5) is 0 Å². The third kappa shape index (κ3) is 2.59. The van der Waals surface area contributed by atoms with E-state index < -0.39 is 5.60 Å². The van der Waals surface area contributed by atoms with Crippen molar-refractivity contribution in [2.24, 2.45) is 0 Å². The van der Waals surface area contributed by atoms with Gasteiger partial charge >= 0.3 is 0 Å². The molecule has 1 atom stereocenters. The highest BCUT2D eigenvalue weighted by molar-refractivity contribution is 5.27. The van der Waals surface area contributed by atoms with Gasteiger partial charge in [-0.3, -0.25) is 0 Å². The van der Waals surface area contributed by atoms with Gasteiger partial charge in [0.1, 0.15) is 11.3 Å². The molecule has 0 aromatic carbocycles. The van der Waals surface area contributed by atoms with Crippen molar-refractivity contribution in [1.29, 1.82) is 0 Å². The minimum Gasteiger partial charge on any atom is -0.480 e. The smallest absolute Gasteiger partial charge is 0.241 e. The SMILES string of the molecule is COCC(C)(O)c1ncc(OC)nc1OC. The van der Waals surface area contributed by atoms with Gasteiger partial charge in [-0.1, -0.05) is 0 Å². The molecule has 0 amide bonds. The summed E-state index contributed by atoms with van der Waals surface area (Å²) in [5.41, 5.74) is -0.933. The highest BCUT2D eigenvalue weighted by atomic mass is 16.5. The lowest BCUT2D eigenvalue weighted by atomic mass is 10.0. The van der Waals surface area contributed by atoms with Crippen LogP contribution < -0.4 is 9.47 Å². The molecular formula is C10H16N2O4. The first-order valence-electron chi connectivity index (χ1n) is 4.72. The molecule has 1 aromatic rings. The van der Waals surface area contributed by atoms with Crippen molar-refractivity contribution < 1.29 is 19.3 Å². The fourth-order valence-corrected chi connectivity index (χ4v) is 1.32. The summed E-state index contributed by atoms with van der Waals surface area (Å²) in [6.07, 6.45) is 1.42. The first-order chi connectivity index (χ1) is 7.55. The standard InChI is InChI=1S/C10H16N2O4/c1-10(13,6-14-2)8-9(16-4)12-7(15-3)5-11-8/h5,13H,6H2,1-4H3. The molecule has 0 bridgehead atoms. The first kappa shape index (κ1) is 12.7.